The second kappa shape index (κ2) is 7.86. The first kappa shape index (κ1) is 18.4. The molecule has 3 aromatic rings. The number of nitrogens with one attached hydrogen (secondary N) is 1. The fourth-order valence-electron chi connectivity index (χ4n) is 2.77. The maximum Gasteiger partial charge on any atom is 0.262 e. The molecule has 2 aromatic carbocycles. The molecule has 0 unspecified atom stereocenters. The molecular formula is C21H21N3O3. The van der Waals surface area contributed by atoms with Crippen molar-refractivity contribution in [2.45, 2.75) is 20.8 Å². The monoisotopic (exact) mass is 363 g/mol. The number of rotatable bonds is 6. The van der Waals surface area contributed by atoms with Crippen LogP contribution in [-0.4, -0.2) is 28.1 Å². The molecule has 27 heavy (non-hydrogen) atoms. The molecule has 0 saturated carbocycles. The number of ketones is 1. The molecule has 0 bridgehead atoms. The lowest BCUT2D eigenvalue weighted by molar-refractivity contribution is -0.118. The standard InChI is InChI=1S/C21H21N3O3/c1-14-21(15(2)24(23-14)18-9-5-4-6-10-18)22-20(26)13-27-19-11-7-8-17(12-19)16(3)25/h4-12H,13H2,1-3H3,(H,22,26). The van der Waals surface area contributed by atoms with Gasteiger partial charge >= 0.3 is 0 Å². The molecule has 0 radical (unpaired) electrons. The summed E-state index contributed by atoms with van der Waals surface area (Å²) in [6.07, 6.45) is 0. The number of nitrogens with zero attached hydrogens (tertiary/aromatic N) is 2. The Balaban J connectivity index is 1.69. The summed E-state index contributed by atoms with van der Waals surface area (Å²) in [4.78, 5) is 23.7. The van der Waals surface area contributed by atoms with Crippen molar-refractivity contribution >= 4 is 17.4 Å². The number of aryl methyl sites for hydroxylation is 1. The number of carbonyl (C=O) groups is 2. The van der Waals surface area contributed by atoms with Crippen LogP contribution in [0.1, 0.15) is 28.7 Å². The van der Waals surface area contributed by atoms with E-state index in [1.807, 2.05) is 44.2 Å². The molecular weight excluding hydrogens is 342 g/mol. The van der Waals surface area contributed by atoms with E-state index in [9.17, 15) is 9.59 Å². The highest BCUT2D eigenvalue weighted by Gasteiger charge is 2.15. The zero-order valence-corrected chi connectivity index (χ0v) is 15.5. The van der Waals surface area contributed by atoms with Gasteiger partial charge in [0.05, 0.1) is 22.8 Å². The van der Waals surface area contributed by atoms with E-state index >= 15 is 0 Å². The molecule has 0 atom stereocenters. The number of amides is 1. The van der Waals surface area contributed by atoms with Crippen LogP contribution in [0.3, 0.4) is 0 Å². The van der Waals surface area contributed by atoms with Gasteiger partial charge in [-0.25, -0.2) is 4.68 Å². The normalized spacial score (nSPS) is 10.5. The first-order valence-electron chi connectivity index (χ1n) is 8.61. The predicted molar refractivity (Wildman–Crippen MR) is 104 cm³/mol. The van der Waals surface area contributed by atoms with E-state index in [2.05, 4.69) is 10.4 Å². The Kier molecular flexibility index (Phi) is 5.35. The summed E-state index contributed by atoms with van der Waals surface area (Å²) in [5, 5.41) is 7.37. The first-order valence-corrected chi connectivity index (χ1v) is 8.61. The number of anilines is 1. The highest BCUT2D eigenvalue weighted by Crippen LogP contribution is 2.22. The van der Waals surface area contributed by atoms with Gasteiger partial charge in [0.1, 0.15) is 5.75 Å². The van der Waals surface area contributed by atoms with Crippen LogP contribution < -0.4 is 10.1 Å². The van der Waals surface area contributed by atoms with E-state index in [0.717, 1.165) is 17.1 Å². The Morgan fingerprint density at radius 1 is 1.07 bits per heavy atom. The molecule has 0 aliphatic carbocycles. The topological polar surface area (TPSA) is 73.2 Å². The lowest BCUT2D eigenvalue weighted by Crippen LogP contribution is -2.21. The molecule has 0 saturated heterocycles. The number of hydrogen-bond donors (Lipinski definition) is 1. The van der Waals surface area contributed by atoms with E-state index in [1.54, 1.807) is 28.9 Å². The van der Waals surface area contributed by atoms with Gasteiger partial charge in [-0.2, -0.15) is 5.10 Å². The van der Waals surface area contributed by atoms with Crippen molar-refractivity contribution < 1.29 is 14.3 Å². The summed E-state index contributed by atoms with van der Waals surface area (Å²) in [6.45, 7) is 5.08. The number of ether oxygens (including phenoxy) is 1. The molecule has 6 nitrogen and oxygen atoms in total. The largest absolute Gasteiger partial charge is 0.484 e. The van der Waals surface area contributed by atoms with E-state index in [0.29, 0.717) is 17.0 Å². The van der Waals surface area contributed by atoms with Crippen LogP contribution in [0.2, 0.25) is 0 Å². The van der Waals surface area contributed by atoms with Gasteiger partial charge in [0, 0.05) is 5.56 Å². The van der Waals surface area contributed by atoms with E-state index in [1.165, 1.54) is 6.92 Å². The minimum atomic E-state index is -0.290. The van der Waals surface area contributed by atoms with E-state index in [4.69, 9.17) is 4.74 Å². The van der Waals surface area contributed by atoms with E-state index < -0.39 is 0 Å². The number of carbonyl (C=O) groups excluding carboxylic acids is 2. The van der Waals surface area contributed by atoms with Gasteiger partial charge in [-0.15, -0.1) is 0 Å². The van der Waals surface area contributed by atoms with Gasteiger partial charge in [0.15, 0.2) is 12.4 Å². The Labute approximate surface area is 157 Å². The summed E-state index contributed by atoms with van der Waals surface area (Å²) in [5.74, 6) is 0.137. The lowest BCUT2D eigenvalue weighted by atomic mass is 10.1. The van der Waals surface area contributed by atoms with Crippen LogP contribution >= 0.6 is 0 Å². The molecule has 0 aliphatic rings. The van der Waals surface area contributed by atoms with Crippen LogP contribution in [0.15, 0.2) is 54.6 Å². The molecule has 1 amide bonds. The molecule has 0 aliphatic heterocycles. The molecule has 138 valence electrons. The van der Waals surface area contributed by atoms with Crippen LogP contribution in [0.5, 0.6) is 5.75 Å². The Morgan fingerprint density at radius 3 is 2.52 bits per heavy atom. The van der Waals surface area contributed by atoms with Gasteiger partial charge in [-0.3, -0.25) is 9.59 Å². The average molecular weight is 363 g/mol. The number of aromatic nitrogens is 2. The van der Waals surface area contributed by atoms with Gasteiger partial charge < -0.3 is 10.1 Å². The summed E-state index contributed by atoms with van der Waals surface area (Å²) >= 11 is 0. The molecule has 0 fully saturated rings. The second-order valence-corrected chi connectivity index (χ2v) is 6.21. The maximum absolute atomic E-state index is 12.3. The number of hydrogen-bond acceptors (Lipinski definition) is 4. The zero-order chi connectivity index (χ0) is 19.4. The first-order chi connectivity index (χ1) is 13.0. The van der Waals surface area contributed by atoms with E-state index in [-0.39, 0.29) is 18.3 Å². The Bertz CT molecular complexity index is 978. The minimum absolute atomic E-state index is 0.0514. The minimum Gasteiger partial charge on any atom is -0.484 e. The smallest absolute Gasteiger partial charge is 0.262 e. The van der Waals surface area contributed by atoms with Crippen LogP contribution in [-0.2, 0) is 4.79 Å². The van der Waals surface area contributed by atoms with Crippen molar-refractivity contribution in [3.8, 4) is 11.4 Å². The molecule has 3 rings (SSSR count). The predicted octanol–water partition coefficient (Wildman–Crippen LogP) is 3.71. The van der Waals surface area contributed by atoms with Gasteiger partial charge in [-0.1, -0.05) is 30.3 Å². The second-order valence-electron chi connectivity index (χ2n) is 6.21. The van der Waals surface area contributed by atoms with Crippen molar-refractivity contribution in [2.24, 2.45) is 0 Å². The SMILES string of the molecule is CC(=O)c1cccc(OCC(=O)Nc2c(C)nn(-c3ccccc3)c2C)c1. The summed E-state index contributed by atoms with van der Waals surface area (Å²) in [7, 11) is 0. The summed E-state index contributed by atoms with van der Waals surface area (Å²) < 4.78 is 7.30. The van der Waals surface area contributed by atoms with Gasteiger partial charge in [0.25, 0.3) is 5.91 Å². The zero-order valence-electron chi connectivity index (χ0n) is 15.5. The third-order valence-corrected chi connectivity index (χ3v) is 4.17. The summed E-state index contributed by atoms with van der Waals surface area (Å²) in [5.41, 5.74) is 3.71. The van der Waals surface area contributed by atoms with Crippen LogP contribution in [0, 0.1) is 13.8 Å². The van der Waals surface area contributed by atoms with Crippen LogP contribution in [0.4, 0.5) is 5.69 Å². The van der Waals surface area contributed by atoms with Gasteiger partial charge in [0.2, 0.25) is 0 Å². The fourth-order valence-corrected chi connectivity index (χ4v) is 2.77. The highest BCUT2D eigenvalue weighted by atomic mass is 16.5. The fraction of sp³-hybridized carbons (Fsp3) is 0.190. The number of Topliss-reactive ketones (excluding diaryl/α,β-unsaturated/α-hetero) is 1. The maximum atomic E-state index is 12.3. The lowest BCUT2D eigenvalue weighted by Gasteiger charge is -2.09. The van der Waals surface area contributed by atoms with Crippen molar-refractivity contribution in [1.29, 1.82) is 0 Å². The number of para-hydroxylation sites is 1. The third-order valence-electron chi connectivity index (χ3n) is 4.17. The van der Waals surface area contributed by atoms with Gasteiger partial charge in [-0.05, 0) is 45.0 Å². The van der Waals surface area contributed by atoms with Crippen molar-refractivity contribution in [1.82, 2.24) is 9.78 Å². The van der Waals surface area contributed by atoms with Crippen molar-refractivity contribution in [3.05, 3.63) is 71.5 Å². The molecule has 1 aromatic heterocycles. The molecule has 6 heteroatoms. The number of benzene rings is 2. The van der Waals surface area contributed by atoms with Crippen LogP contribution in [0.25, 0.3) is 5.69 Å². The Morgan fingerprint density at radius 2 is 1.81 bits per heavy atom. The average Bonchev–Trinajstić information content (AvgIpc) is 2.95. The third kappa shape index (κ3) is 4.23. The molecule has 0 spiro atoms. The summed E-state index contributed by atoms with van der Waals surface area (Å²) in [6, 6.07) is 16.5. The molecule has 1 heterocycles. The highest BCUT2D eigenvalue weighted by molar-refractivity contribution is 5.95. The Hall–Kier alpha value is -3.41. The van der Waals surface area contributed by atoms with Crippen molar-refractivity contribution in [2.75, 3.05) is 11.9 Å². The van der Waals surface area contributed by atoms with Crippen molar-refractivity contribution in [3.63, 3.8) is 0 Å². The quantitative estimate of drug-likeness (QED) is 0.678. The molecule has 1 N–H and O–H groups in total.